The Morgan fingerprint density at radius 1 is 1.50 bits per heavy atom. The van der Waals surface area contributed by atoms with Crippen LogP contribution in [-0.4, -0.2) is 55.5 Å². The van der Waals surface area contributed by atoms with Crippen LogP contribution in [-0.2, 0) is 11.3 Å². The minimum Gasteiger partial charge on any atom is -0.468 e. The second-order valence-electron chi connectivity index (χ2n) is 4.70. The third-order valence-corrected chi connectivity index (χ3v) is 3.18. The van der Waals surface area contributed by atoms with Gasteiger partial charge in [-0.3, -0.25) is 9.69 Å². The van der Waals surface area contributed by atoms with Gasteiger partial charge in [0.25, 0.3) is 0 Å². The fourth-order valence-electron chi connectivity index (χ4n) is 2.11. The Morgan fingerprint density at radius 2 is 2.28 bits per heavy atom. The van der Waals surface area contributed by atoms with Crippen molar-refractivity contribution in [3.63, 3.8) is 0 Å². The van der Waals surface area contributed by atoms with Gasteiger partial charge in [0.15, 0.2) is 0 Å². The van der Waals surface area contributed by atoms with Crippen molar-refractivity contribution in [2.75, 3.05) is 39.8 Å². The lowest BCUT2D eigenvalue weighted by atomic mass is 10.3. The highest BCUT2D eigenvalue weighted by Crippen LogP contribution is 2.05. The molecule has 18 heavy (non-hydrogen) atoms. The minimum absolute atomic E-state index is 0.253. The summed E-state index contributed by atoms with van der Waals surface area (Å²) in [6.45, 7) is 5.01. The first-order valence-corrected chi connectivity index (χ1v) is 6.45. The number of nitrogens with one attached hydrogen (secondary N) is 1. The van der Waals surface area contributed by atoms with Crippen LogP contribution < -0.4 is 5.32 Å². The van der Waals surface area contributed by atoms with E-state index in [9.17, 15) is 4.79 Å². The maximum Gasteiger partial charge on any atom is 0.223 e. The van der Waals surface area contributed by atoms with E-state index in [-0.39, 0.29) is 5.91 Å². The molecule has 1 aliphatic rings. The number of rotatable bonds is 5. The summed E-state index contributed by atoms with van der Waals surface area (Å²) in [7, 11) is 2.01. The van der Waals surface area contributed by atoms with Crippen LogP contribution in [0.1, 0.15) is 12.2 Å². The van der Waals surface area contributed by atoms with Crippen LogP contribution in [0.15, 0.2) is 22.8 Å². The molecule has 5 nitrogen and oxygen atoms in total. The van der Waals surface area contributed by atoms with Gasteiger partial charge in [0.05, 0.1) is 12.8 Å². The Morgan fingerprint density at radius 3 is 2.94 bits per heavy atom. The van der Waals surface area contributed by atoms with Gasteiger partial charge in [-0.15, -0.1) is 0 Å². The molecule has 1 saturated heterocycles. The van der Waals surface area contributed by atoms with E-state index in [1.54, 1.807) is 6.26 Å². The zero-order valence-corrected chi connectivity index (χ0v) is 10.9. The summed E-state index contributed by atoms with van der Waals surface area (Å²) in [5.74, 6) is 1.19. The first-order valence-electron chi connectivity index (χ1n) is 6.45. The summed E-state index contributed by atoms with van der Waals surface area (Å²) in [6, 6.07) is 3.84. The largest absolute Gasteiger partial charge is 0.468 e. The monoisotopic (exact) mass is 251 g/mol. The average molecular weight is 251 g/mol. The fourth-order valence-corrected chi connectivity index (χ4v) is 2.11. The molecule has 1 aromatic rings. The van der Waals surface area contributed by atoms with Gasteiger partial charge in [-0.2, -0.15) is 0 Å². The van der Waals surface area contributed by atoms with E-state index in [0.717, 1.165) is 45.0 Å². The average Bonchev–Trinajstić information content (AvgIpc) is 2.90. The molecule has 0 spiro atoms. The van der Waals surface area contributed by atoms with Gasteiger partial charge in [-0.1, -0.05) is 0 Å². The number of carbonyl (C=O) groups is 1. The maximum absolute atomic E-state index is 12.0. The molecule has 1 aliphatic heterocycles. The van der Waals surface area contributed by atoms with Gasteiger partial charge >= 0.3 is 0 Å². The highest BCUT2D eigenvalue weighted by Gasteiger charge is 2.16. The number of carbonyl (C=O) groups excluding carboxylic acids is 1. The third-order valence-electron chi connectivity index (χ3n) is 3.18. The van der Waals surface area contributed by atoms with Crippen LogP contribution in [0.25, 0.3) is 0 Å². The standard InChI is InChI=1S/C13H21N3O2/c1-15(11-12-3-2-10-18-12)7-4-13(17)16-8-5-14-6-9-16/h2-3,10,14H,4-9,11H2,1H3. The lowest BCUT2D eigenvalue weighted by Gasteiger charge is -2.28. The smallest absolute Gasteiger partial charge is 0.223 e. The summed E-state index contributed by atoms with van der Waals surface area (Å²) >= 11 is 0. The minimum atomic E-state index is 0.253. The summed E-state index contributed by atoms with van der Waals surface area (Å²) in [5.41, 5.74) is 0. The Bertz CT molecular complexity index is 358. The number of nitrogens with zero attached hydrogens (tertiary/aromatic N) is 2. The van der Waals surface area contributed by atoms with Crippen molar-refractivity contribution >= 4 is 5.91 Å². The van der Waals surface area contributed by atoms with Crippen molar-refractivity contribution in [2.45, 2.75) is 13.0 Å². The number of piperazine rings is 1. The van der Waals surface area contributed by atoms with Crippen molar-refractivity contribution in [3.05, 3.63) is 24.2 Å². The van der Waals surface area contributed by atoms with Gasteiger partial charge < -0.3 is 14.6 Å². The zero-order chi connectivity index (χ0) is 12.8. The molecule has 0 bridgehead atoms. The lowest BCUT2D eigenvalue weighted by Crippen LogP contribution is -2.47. The summed E-state index contributed by atoms with van der Waals surface area (Å²) in [4.78, 5) is 16.0. The highest BCUT2D eigenvalue weighted by molar-refractivity contribution is 5.76. The third kappa shape index (κ3) is 3.85. The Hall–Kier alpha value is -1.33. The van der Waals surface area contributed by atoms with Crippen molar-refractivity contribution in [2.24, 2.45) is 0 Å². The van der Waals surface area contributed by atoms with Gasteiger partial charge in [0.2, 0.25) is 5.91 Å². The molecule has 1 fully saturated rings. The van der Waals surface area contributed by atoms with Crippen LogP contribution >= 0.6 is 0 Å². The van der Waals surface area contributed by atoms with E-state index < -0.39 is 0 Å². The molecule has 1 aromatic heterocycles. The number of hydrogen-bond acceptors (Lipinski definition) is 4. The van der Waals surface area contributed by atoms with Gasteiger partial charge in [-0.25, -0.2) is 0 Å². The molecule has 0 radical (unpaired) electrons. The van der Waals surface area contributed by atoms with E-state index in [1.165, 1.54) is 0 Å². The topological polar surface area (TPSA) is 48.7 Å². The Balaban J connectivity index is 1.68. The molecule has 1 N–H and O–H groups in total. The predicted molar refractivity (Wildman–Crippen MR) is 69.1 cm³/mol. The van der Waals surface area contributed by atoms with E-state index in [4.69, 9.17) is 4.42 Å². The second-order valence-corrected chi connectivity index (χ2v) is 4.70. The molecule has 100 valence electrons. The molecular formula is C13H21N3O2. The summed E-state index contributed by atoms with van der Waals surface area (Å²) in [5, 5.41) is 3.25. The van der Waals surface area contributed by atoms with E-state index >= 15 is 0 Å². The Labute approximate surface area is 108 Å². The van der Waals surface area contributed by atoms with Gasteiger partial charge in [0.1, 0.15) is 5.76 Å². The summed E-state index contributed by atoms with van der Waals surface area (Å²) in [6.07, 6.45) is 2.26. The highest BCUT2D eigenvalue weighted by atomic mass is 16.3. The molecule has 0 saturated carbocycles. The SMILES string of the molecule is CN(CCC(=O)N1CCNCC1)Cc1ccco1. The van der Waals surface area contributed by atoms with Gasteiger partial charge in [0, 0.05) is 39.1 Å². The zero-order valence-electron chi connectivity index (χ0n) is 10.9. The molecule has 0 aromatic carbocycles. The van der Waals surface area contributed by atoms with Crippen LogP contribution in [0.2, 0.25) is 0 Å². The number of furan rings is 1. The van der Waals surface area contributed by atoms with E-state index in [2.05, 4.69) is 10.2 Å². The molecular weight excluding hydrogens is 230 g/mol. The summed E-state index contributed by atoms with van der Waals surface area (Å²) < 4.78 is 5.28. The van der Waals surface area contributed by atoms with Crippen LogP contribution in [0.3, 0.4) is 0 Å². The molecule has 5 heteroatoms. The van der Waals surface area contributed by atoms with Crippen molar-refractivity contribution < 1.29 is 9.21 Å². The molecule has 2 heterocycles. The molecule has 0 atom stereocenters. The van der Waals surface area contributed by atoms with Crippen LogP contribution in [0.5, 0.6) is 0 Å². The fraction of sp³-hybridized carbons (Fsp3) is 0.615. The normalized spacial score (nSPS) is 16.2. The number of amides is 1. The van der Waals surface area contributed by atoms with Crippen molar-refractivity contribution in [3.8, 4) is 0 Å². The van der Waals surface area contributed by atoms with E-state index in [0.29, 0.717) is 6.42 Å². The maximum atomic E-state index is 12.0. The first kappa shape index (κ1) is 13.1. The molecule has 0 aliphatic carbocycles. The quantitative estimate of drug-likeness (QED) is 0.829. The van der Waals surface area contributed by atoms with Crippen molar-refractivity contribution in [1.29, 1.82) is 0 Å². The lowest BCUT2D eigenvalue weighted by molar-refractivity contribution is -0.132. The van der Waals surface area contributed by atoms with Crippen LogP contribution in [0, 0.1) is 0 Å². The molecule has 2 rings (SSSR count). The van der Waals surface area contributed by atoms with E-state index in [1.807, 2.05) is 24.1 Å². The Kier molecular flexibility index (Phi) is 4.78. The van der Waals surface area contributed by atoms with Gasteiger partial charge in [-0.05, 0) is 19.2 Å². The first-order chi connectivity index (χ1) is 8.75. The van der Waals surface area contributed by atoms with Crippen LogP contribution in [0.4, 0.5) is 0 Å². The predicted octanol–water partition coefficient (Wildman–Crippen LogP) is 0.533. The second kappa shape index (κ2) is 6.56. The number of hydrogen-bond donors (Lipinski definition) is 1. The molecule has 0 unspecified atom stereocenters. The molecule has 1 amide bonds. The van der Waals surface area contributed by atoms with Crippen molar-refractivity contribution in [1.82, 2.24) is 15.1 Å².